The first-order valence-corrected chi connectivity index (χ1v) is 8.22. The fourth-order valence-corrected chi connectivity index (χ4v) is 3.60. The van der Waals surface area contributed by atoms with E-state index in [2.05, 4.69) is 4.99 Å². The van der Waals surface area contributed by atoms with Crippen molar-refractivity contribution in [3.63, 3.8) is 0 Å². The molecule has 0 amide bonds. The maximum Gasteiger partial charge on any atom is 0.338 e. The van der Waals surface area contributed by atoms with E-state index in [1.165, 1.54) is 11.8 Å². The largest absolute Gasteiger partial charge is 0.463 e. The molecule has 0 N–H and O–H groups in total. The van der Waals surface area contributed by atoms with E-state index >= 15 is 0 Å². The zero-order chi connectivity index (χ0) is 15.7. The smallest absolute Gasteiger partial charge is 0.338 e. The van der Waals surface area contributed by atoms with E-state index in [9.17, 15) is 4.79 Å². The average molecular weight is 335 g/mol. The minimum absolute atomic E-state index is 0.313. The number of halogens is 1. The molecule has 0 radical (unpaired) electrons. The van der Waals surface area contributed by atoms with Gasteiger partial charge in [-0.15, -0.1) is 0 Å². The zero-order valence-electron chi connectivity index (χ0n) is 12.2. The molecule has 0 saturated carbocycles. The highest BCUT2D eigenvalue weighted by Gasteiger charge is 2.38. The summed E-state index contributed by atoms with van der Waals surface area (Å²) in [5.41, 5.74) is 2.07. The summed E-state index contributed by atoms with van der Waals surface area (Å²) in [6, 6.07) is 7.23. The number of amidine groups is 1. The third-order valence-electron chi connectivity index (χ3n) is 3.52. The Bertz CT molecular complexity index is 712. The monoisotopic (exact) mass is 334 g/mol. The highest BCUT2D eigenvalue weighted by Crippen LogP contribution is 2.42. The van der Waals surface area contributed by atoms with Crippen LogP contribution < -0.4 is 0 Å². The van der Waals surface area contributed by atoms with Gasteiger partial charge in [-0.2, -0.15) is 0 Å². The first-order chi connectivity index (χ1) is 10.6. The lowest BCUT2D eigenvalue weighted by Crippen LogP contribution is -2.34. The summed E-state index contributed by atoms with van der Waals surface area (Å²) in [6.45, 7) is 3.95. The van der Waals surface area contributed by atoms with E-state index in [1.54, 1.807) is 6.92 Å². The van der Waals surface area contributed by atoms with E-state index in [0.717, 1.165) is 10.7 Å². The number of hydrogen-bond acceptors (Lipinski definition) is 5. The summed E-state index contributed by atoms with van der Waals surface area (Å²) in [7, 11) is 0. The molecule has 3 rings (SSSR count). The molecule has 0 aliphatic carbocycles. The first kappa shape index (κ1) is 15.2. The lowest BCUT2D eigenvalue weighted by Gasteiger charge is -2.33. The Morgan fingerprint density at radius 1 is 1.45 bits per heavy atom. The number of thioether (sulfide) groups is 1. The van der Waals surface area contributed by atoms with Crippen LogP contribution in [0.2, 0.25) is 5.02 Å². The third kappa shape index (κ3) is 2.55. The van der Waals surface area contributed by atoms with Crippen molar-refractivity contribution in [2.24, 2.45) is 4.99 Å². The molecule has 4 nitrogen and oxygen atoms in total. The van der Waals surface area contributed by atoms with Gasteiger partial charge in [-0.25, -0.2) is 9.79 Å². The number of fused-ring (bicyclic) bond motifs is 1. The van der Waals surface area contributed by atoms with Crippen LogP contribution in [-0.2, 0) is 9.53 Å². The topological polar surface area (TPSA) is 41.9 Å². The van der Waals surface area contributed by atoms with E-state index < -0.39 is 0 Å². The summed E-state index contributed by atoms with van der Waals surface area (Å²) in [4.78, 5) is 18.9. The van der Waals surface area contributed by atoms with Gasteiger partial charge in [0.15, 0.2) is 5.17 Å². The molecule has 6 heteroatoms. The number of allylic oxidation sites excluding steroid dienone is 1. The van der Waals surface area contributed by atoms with Crippen molar-refractivity contribution in [2.45, 2.75) is 19.9 Å². The van der Waals surface area contributed by atoms with Gasteiger partial charge in [0.25, 0.3) is 0 Å². The number of carbonyl (C=O) groups excluding carboxylic acids is 1. The summed E-state index contributed by atoms with van der Waals surface area (Å²) < 4.78 is 5.23. The normalized spacial score (nSPS) is 20.0. The Morgan fingerprint density at radius 2 is 2.23 bits per heavy atom. The van der Waals surface area contributed by atoms with Crippen LogP contribution in [0, 0.1) is 0 Å². The predicted octanol–water partition coefficient (Wildman–Crippen LogP) is 4.11. The number of rotatable bonds is 3. The molecule has 22 heavy (non-hydrogen) atoms. The molecule has 114 valence electrons. The Hall–Kier alpha value is -1.72. The minimum atomic E-state index is -0.349. The molecule has 1 atom stereocenters. The molecule has 2 aliphatic rings. The molecule has 0 aromatic heterocycles. The highest BCUT2D eigenvalue weighted by atomic mass is 35.5. The van der Waals surface area contributed by atoms with Crippen molar-refractivity contribution in [3.05, 3.63) is 57.7 Å². The van der Waals surface area contributed by atoms with Crippen LogP contribution in [-0.4, -0.2) is 22.6 Å². The Morgan fingerprint density at radius 3 is 2.95 bits per heavy atom. The zero-order valence-corrected chi connectivity index (χ0v) is 13.8. The minimum Gasteiger partial charge on any atom is -0.463 e. The SMILES string of the molecule is CCOC(=O)C1=C(C)N=C2SC=CN2[C@H]1c1ccccc1Cl. The molecule has 0 fully saturated rings. The van der Waals surface area contributed by atoms with Gasteiger partial charge in [0.2, 0.25) is 0 Å². The van der Waals surface area contributed by atoms with Gasteiger partial charge in [0.05, 0.1) is 23.9 Å². The van der Waals surface area contributed by atoms with Crippen molar-refractivity contribution in [3.8, 4) is 0 Å². The second-order valence-electron chi connectivity index (χ2n) is 4.85. The first-order valence-electron chi connectivity index (χ1n) is 6.96. The van der Waals surface area contributed by atoms with Crippen molar-refractivity contribution >= 4 is 34.5 Å². The number of nitrogens with zero attached hydrogens (tertiary/aromatic N) is 2. The van der Waals surface area contributed by atoms with Crippen molar-refractivity contribution < 1.29 is 9.53 Å². The van der Waals surface area contributed by atoms with Crippen LogP contribution in [0.15, 0.2) is 52.1 Å². The molecule has 0 bridgehead atoms. The lowest BCUT2D eigenvalue weighted by molar-refractivity contribution is -0.139. The number of hydrogen-bond donors (Lipinski definition) is 0. The highest BCUT2D eigenvalue weighted by molar-refractivity contribution is 8.16. The van der Waals surface area contributed by atoms with Crippen molar-refractivity contribution in [2.75, 3.05) is 6.61 Å². The summed E-state index contributed by atoms with van der Waals surface area (Å²) in [6.07, 6.45) is 1.92. The average Bonchev–Trinajstić information content (AvgIpc) is 2.94. The van der Waals surface area contributed by atoms with Crippen molar-refractivity contribution in [1.29, 1.82) is 0 Å². The molecule has 1 aromatic rings. The van der Waals surface area contributed by atoms with E-state index in [0.29, 0.717) is 22.9 Å². The van der Waals surface area contributed by atoms with Crippen LogP contribution in [0.4, 0.5) is 0 Å². The third-order valence-corrected chi connectivity index (χ3v) is 4.63. The molecule has 1 aromatic carbocycles. The van der Waals surface area contributed by atoms with E-state index in [1.807, 2.05) is 47.7 Å². The predicted molar refractivity (Wildman–Crippen MR) is 89.5 cm³/mol. The number of carbonyl (C=O) groups is 1. The molecule has 0 saturated heterocycles. The maximum absolute atomic E-state index is 12.4. The van der Waals surface area contributed by atoms with Gasteiger partial charge in [-0.1, -0.05) is 41.6 Å². The fraction of sp³-hybridized carbons (Fsp3) is 0.250. The molecule has 0 unspecified atom stereocenters. The Kier molecular flexibility index (Phi) is 4.27. The number of benzene rings is 1. The van der Waals surface area contributed by atoms with Gasteiger partial charge in [-0.3, -0.25) is 0 Å². The van der Waals surface area contributed by atoms with Crippen LogP contribution in [0.3, 0.4) is 0 Å². The van der Waals surface area contributed by atoms with Crippen molar-refractivity contribution in [1.82, 2.24) is 4.90 Å². The molecule has 2 heterocycles. The van der Waals surface area contributed by atoms with Gasteiger partial charge < -0.3 is 9.64 Å². The molecular formula is C16H15ClN2O2S. The van der Waals surface area contributed by atoms with E-state index in [4.69, 9.17) is 16.3 Å². The molecule has 2 aliphatic heterocycles. The van der Waals surface area contributed by atoms with Gasteiger partial charge in [-0.05, 0) is 30.9 Å². The van der Waals surface area contributed by atoms with Gasteiger partial charge in [0.1, 0.15) is 0 Å². The summed E-state index contributed by atoms with van der Waals surface area (Å²) >= 11 is 7.90. The van der Waals surface area contributed by atoms with Crippen LogP contribution in [0.5, 0.6) is 0 Å². The van der Waals surface area contributed by atoms with Gasteiger partial charge >= 0.3 is 5.97 Å². The Balaban J connectivity index is 2.14. The van der Waals surface area contributed by atoms with Crippen LogP contribution in [0.1, 0.15) is 25.5 Å². The van der Waals surface area contributed by atoms with E-state index in [-0.39, 0.29) is 12.0 Å². The fourth-order valence-electron chi connectivity index (χ4n) is 2.57. The van der Waals surface area contributed by atoms with Crippen LogP contribution >= 0.6 is 23.4 Å². The number of ether oxygens (including phenoxy) is 1. The van der Waals surface area contributed by atoms with Gasteiger partial charge in [0, 0.05) is 11.2 Å². The second-order valence-corrected chi connectivity index (χ2v) is 6.13. The standard InChI is InChI=1S/C16H15ClN2O2S/c1-3-21-15(20)13-10(2)18-16-19(8-9-22-16)14(13)11-6-4-5-7-12(11)17/h4-9,14H,3H2,1-2H3/t14-/m0/s1. The summed E-state index contributed by atoms with van der Waals surface area (Å²) in [5.74, 6) is -0.349. The quantitative estimate of drug-likeness (QED) is 0.780. The lowest BCUT2D eigenvalue weighted by atomic mass is 9.95. The Labute approximate surface area is 138 Å². The second kappa shape index (κ2) is 6.18. The molecule has 0 spiro atoms. The summed E-state index contributed by atoms with van der Waals surface area (Å²) in [5, 5.41) is 3.41. The van der Waals surface area contributed by atoms with Crippen LogP contribution in [0.25, 0.3) is 0 Å². The number of aliphatic imine (C=N–C) groups is 1. The maximum atomic E-state index is 12.4. The molecular weight excluding hydrogens is 320 g/mol. The number of esters is 1.